The maximum Gasteiger partial charge on any atom is 0.223 e. The average molecular weight is 327 g/mol. The van der Waals surface area contributed by atoms with E-state index in [4.69, 9.17) is 4.42 Å². The van der Waals surface area contributed by atoms with Crippen molar-refractivity contribution in [1.82, 2.24) is 15.2 Å². The Hall–Kier alpha value is -1.88. The molecular formula is C19H25N3O2. The number of carbonyl (C=O) groups excluding carboxylic acids is 1. The summed E-state index contributed by atoms with van der Waals surface area (Å²) >= 11 is 0. The summed E-state index contributed by atoms with van der Waals surface area (Å²) in [5.74, 6) is 1.33. The molecule has 24 heavy (non-hydrogen) atoms. The maximum absolute atomic E-state index is 12.1. The van der Waals surface area contributed by atoms with E-state index in [9.17, 15) is 4.79 Å². The smallest absolute Gasteiger partial charge is 0.223 e. The van der Waals surface area contributed by atoms with Gasteiger partial charge >= 0.3 is 0 Å². The Balaban J connectivity index is 1.19. The lowest BCUT2D eigenvalue weighted by Crippen LogP contribution is -2.41. The second kappa shape index (κ2) is 6.93. The molecule has 4 rings (SSSR count). The molecule has 1 saturated heterocycles. The van der Waals surface area contributed by atoms with Crippen LogP contribution in [0.15, 0.2) is 28.7 Å². The molecule has 1 aromatic carbocycles. The van der Waals surface area contributed by atoms with Crippen LogP contribution in [-0.4, -0.2) is 41.5 Å². The Kier molecular flexibility index (Phi) is 4.52. The lowest BCUT2D eigenvalue weighted by Gasteiger charge is -2.31. The molecule has 2 aromatic rings. The van der Waals surface area contributed by atoms with Crippen molar-refractivity contribution >= 4 is 17.0 Å². The summed E-state index contributed by atoms with van der Waals surface area (Å²) in [6.45, 7) is 3.10. The zero-order chi connectivity index (χ0) is 16.4. The first-order valence-corrected chi connectivity index (χ1v) is 9.15. The van der Waals surface area contributed by atoms with E-state index in [1.807, 2.05) is 24.3 Å². The zero-order valence-electron chi connectivity index (χ0n) is 14.0. The summed E-state index contributed by atoms with van der Waals surface area (Å²) in [6.07, 6.45) is 6.23. The molecule has 1 saturated carbocycles. The van der Waals surface area contributed by atoms with Gasteiger partial charge in [-0.1, -0.05) is 12.1 Å². The van der Waals surface area contributed by atoms with Crippen LogP contribution in [0.4, 0.5) is 0 Å². The fourth-order valence-electron chi connectivity index (χ4n) is 3.45. The summed E-state index contributed by atoms with van der Waals surface area (Å²) in [5.41, 5.74) is 1.81. The summed E-state index contributed by atoms with van der Waals surface area (Å²) < 4.78 is 5.77. The third-order valence-corrected chi connectivity index (χ3v) is 5.09. The summed E-state index contributed by atoms with van der Waals surface area (Å²) in [4.78, 5) is 19.1. The van der Waals surface area contributed by atoms with Crippen molar-refractivity contribution in [3.05, 3.63) is 30.2 Å². The third kappa shape index (κ3) is 3.78. The number of hydrogen-bond donors (Lipinski definition) is 1. The molecule has 1 amide bonds. The SMILES string of the molecule is O=C(NC1CC1)C1CCN(CCCc2nc3ccccc3o2)CC1. The number of rotatable bonds is 6. The van der Waals surface area contributed by atoms with Gasteiger partial charge in [-0.05, 0) is 63.9 Å². The van der Waals surface area contributed by atoms with Gasteiger partial charge in [0.1, 0.15) is 5.52 Å². The van der Waals surface area contributed by atoms with Gasteiger partial charge < -0.3 is 14.6 Å². The molecule has 2 heterocycles. The fraction of sp³-hybridized carbons (Fsp3) is 0.579. The molecule has 128 valence electrons. The van der Waals surface area contributed by atoms with Crippen LogP contribution in [0.3, 0.4) is 0 Å². The Morgan fingerprint density at radius 2 is 2.00 bits per heavy atom. The maximum atomic E-state index is 12.1. The molecular weight excluding hydrogens is 302 g/mol. The molecule has 1 aromatic heterocycles. The summed E-state index contributed by atoms with van der Waals surface area (Å²) in [7, 11) is 0. The summed E-state index contributed by atoms with van der Waals surface area (Å²) in [5, 5.41) is 3.14. The first-order chi connectivity index (χ1) is 11.8. The monoisotopic (exact) mass is 327 g/mol. The number of nitrogens with one attached hydrogen (secondary N) is 1. The molecule has 0 unspecified atom stereocenters. The minimum atomic E-state index is 0.221. The van der Waals surface area contributed by atoms with Crippen LogP contribution < -0.4 is 5.32 Å². The molecule has 1 N–H and O–H groups in total. The number of likely N-dealkylation sites (tertiary alicyclic amines) is 1. The number of benzene rings is 1. The lowest BCUT2D eigenvalue weighted by molar-refractivity contribution is -0.126. The zero-order valence-corrected chi connectivity index (χ0v) is 14.0. The number of piperidine rings is 1. The van der Waals surface area contributed by atoms with Crippen molar-refractivity contribution in [3.8, 4) is 0 Å². The van der Waals surface area contributed by atoms with Crippen molar-refractivity contribution in [2.24, 2.45) is 5.92 Å². The van der Waals surface area contributed by atoms with Gasteiger partial charge in [0.05, 0.1) is 0 Å². The standard InChI is InChI=1S/C19H25N3O2/c23-19(20-15-7-8-15)14-9-12-22(13-10-14)11-3-6-18-21-16-4-1-2-5-17(16)24-18/h1-2,4-5,14-15H,3,6-13H2,(H,20,23). The number of aromatic nitrogens is 1. The molecule has 2 fully saturated rings. The van der Waals surface area contributed by atoms with E-state index in [1.165, 1.54) is 12.8 Å². The van der Waals surface area contributed by atoms with E-state index in [-0.39, 0.29) is 11.8 Å². The van der Waals surface area contributed by atoms with E-state index >= 15 is 0 Å². The van der Waals surface area contributed by atoms with Crippen LogP contribution in [0.1, 0.15) is 38.0 Å². The Morgan fingerprint density at radius 3 is 2.75 bits per heavy atom. The largest absolute Gasteiger partial charge is 0.441 e. The number of aryl methyl sites for hydroxylation is 1. The van der Waals surface area contributed by atoms with Crippen LogP contribution >= 0.6 is 0 Å². The number of carbonyl (C=O) groups is 1. The normalized spacial score (nSPS) is 19.7. The average Bonchev–Trinajstić information content (AvgIpc) is 3.31. The number of amides is 1. The van der Waals surface area contributed by atoms with Crippen molar-refractivity contribution in [1.29, 1.82) is 0 Å². The highest BCUT2D eigenvalue weighted by molar-refractivity contribution is 5.79. The van der Waals surface area contributed by atoms with E-state index in [0.29, 0.717) is 6.04 Å². The van der Waals surface area contributed by atoms with Crippen LogP contribution in [0.2, 0.25) is 0 Å². The van der Waals surface area contributed by atoms with Crippen molar-refractivity contribution in [2.45, 2.75) is 44.6 Å². The van der Waals surface area contributed by atoms with E-state index in [0.717, 1.165) is 62.3 Å². The van der Waals surface area contributed by atoms with Crippen LogP contribution in [0, 0.1) is 5.92 Å². The molecule has 0 radical (unpaired) electrons. The van der Waals surface area contributed by atoms with Gasteiger partial charge in [-0.25, -0.2) is 4.98 Å². The first kappa shape index (κ1) is 15.6. The van der Waals surface area contributed by atoms with Crippen molar-refractivity contribution in [2.75, 3.05) is 19.6 Å². The number of oxazole rings is 1. The highest BCUT2D eigenvalue weighted by Gasteiger charge is 2.29. The first-order valence-electron chi connectivity index (χ1n) is 9.15. The quantitative estimate of drug-likeness (QED) is 0.886. The molecule has 0 spiro atoms. The van der Waals surface area contributed by atoms with Gasteiger partial charge in [0.15, 0.2) is 11.5 Å². The molecule has 5 nitrogen and oxygen atoms in total. The van der Waals surface area contributed by atoms with Gasteiger partial charge in [0.25, 0.3) is 0 Å². The van der Waals surface area contributed by atoms with Gasteiger partial charge in [0, 0.05) is 18.4 Å². The van der Waals surface area contributed by atoms with Crippen molar-refractivity contribution in [3.63, 3.8) is 0 Å². The predicted molar refractivity (Wildman–Crippen MR) is 92.7 cm³/mol. The highest BCUT2D eigenvalue weighted by Crippen LogP contribution is 2.23. The fourth-order valence-corrected chi connectivity index (χ4v) is 3.45. The second-order valence-corrected chi connectivity index (χ2v) is 7.08. The molecule has 1 aliphatic carbocycles. The summed E-state index contributed by atoms with van der Waals surface area (Å²) in [6, 6.07) is 8.38. The Bertz CT molecular complexity index is 666. The van der Waals surface area contributed by atoms with Gasteiger partial charge in [-0.15, -0.1) is 0 Å². The minimum Gasteiger partial charge on any atom is -0.441 e. The van der Waals surface area contributed by atoms with Crippen molar-refractivity contribution < 1.29 is 9.21 Å². The second-order valence-electron chi connectivity index (χ2n) is 7.08. The van der Waals surface area contributed by atoms with E-state index in [1.54, 1.807) is 0 Å². The van der Waals surface area contributed by atoms with Crippen LogP contribution in [0.5, 0.6) is 0 Å². The number of para-hydroxylation sites is 2. The Labute approximate surface area is 142 Å². The molecule has 5 heteroatoms. The predicted octanol–water partition coefficient (Wildman–Crippen LogP) is 2.75. The molecule has 0 bridgehead atoms. The number of fused-ring (bicyclic) bond motifs is 1. The number of nitrogens with zero attached hydrogens (tertiary/aromatic N) is 2. The molecule has 1 aliphatic heterocycles. The van der Waals surface area contributed by atoms with Gasteiger partial charge in [-0.3, -0.25) is 4.79 Å². The molecule has 2 aliphatic rings. The lowest BCUT2D eigenvalue weighted by atomic mass is 9.95. The highest BCUT2D eigenvalue weighted by atomic mass is 16.3. The van der Waals surface area contributed by atoms with Gasteiger partial charge in [0.2, 0.25) is 5.91 Å². The Morgan fingerprint density at radius 1 is 1.21 bits per heavy atom. The van der Waals surface area contributed by atoms with Gasteiger partial charge in [-0.2, -0.15) is 0 Å². The number of hydrogen-bond acceptors (Lipinski definition) is 4. The van der Waals surface area contributed by atoms with Crippen LogP contribution in [-0.2, 0) is 11.2 Å². The van der Waals surface area contributed by atoms with E-state index in [2.05, 4.69) is 15.2 Å². The topological polar surface area (TPSA) is 58.4 Å². The third-order valence-electron chi connectivity index (χ3n) is 5.09. The molecule has 0 atom stereocenters. The van der Waals surface area contributed by atoms with E-state index < -0.39 is 0 Å². The minimum absolute atomic E-state index is 0.221. The van der Waals surface area contributed by atoms with Crippen LogP contribution in [0.25, 0.3) is 11.1 Å².